The van der Waals surface area contributed by atoms with E-state index in [-0.39, 0.29) is 38.6 Å². The third-order valence-electron chi connectivity index (χ3n) is 7.98. The molecule has 158 valence electrons. The van der Waals surface area contributed by atoms with E-state index in [1.807, 2.05) is 0 Å². The standard InChI is InChI=1S/C28H29N.ClH.Zr/c1-19-14-15-24-23(18-19)25-26(21-12-6-7-13-22(21)27(25)29(24)2)28(16-8-3-9-17-28)20-10-4-5-11-20;;/h4-7,10-15,18,20,26H,3,8-9,16-17H2,1-2H3;1H;. The van der Waals surface area contributed by atoms with Gasteiger partial charge in [-0.3, -0.25) is 0 Å². The van der Waals surface area contributed by atoms with E-state index < -0.39 is 0 Å². The number of benzene rings is 2. The summed E-state index contributed by atoms with van der Waals surface area (Å²) in [6.07, 6.45) is 16.3. The molecule has 0 saturated heterocycles. The van der Waals surface area contributed by atoms with E-state index in [0.717, 1.165) is 0 Å². The molecule has 0 radical (unpaired) electrons. The van der Waals surface area contributed by atoms with E-state index in [0.29, 0.717) is 17.3 Å². The van der Waals surface area contributed by atoms with Crippen LogP contribution in [0.4, 0.5) is 0 Å². The molecular weight excluding hydrogens is 477 g/mol. The summed E-state index contributed by atoms with van der Waals surface area (Å²) in [6.45, 7) is 2.23. The maximum absolute atomic E-state index is 2.47. The van der Waals surface area contributed by atoms with E-state index in [9.17, 15) is 0 Å². The normalized spacial score (nSPS) is 20.9. The average molecular weight is 507 g/mol. The Bertz CT molecular complexity index is 1170. The topological polar surface area (TPSA) is 4.93 Å². The minimum absolute atomic E-state index is 0. The number of hydrogen-bond donors (Lipinski definition) is 0. The van der Waals surface area contributed by atoms with Crippen molar-refractivity contribution in [1.29, 1.82) is 0 Å². The van der Waals surface area contributed by atoms with E-state index >= 15 is 0 Å². The number of aryl methyl sites for hydroxylation is 2. The Labute approximate surface area is 211 Å². The molecule has 1 atom stereocenters. The van der Waals surface area contributed by atoms with E-state index in [1.54, 1.807) is 11.1 Å². The Morgan fingerprint density at radius 1 is 0.935 bits per heavy atom. The van der Waals surface area contributed by atoms with Crippen LogP contribution in [0.2, 0.25) is 0 Å². The maximum Gasteiger partial charge on any atom is 0.0530 e. The fourth-order valence-electron chi connectivity index (χ4n) is 6.76. The van der Waals surface area contributed by atoms with Crippen LogP contribution in [0.1, 0.15) is 54.7 Å². The molecule has 0 aliphatic heterocycles. The molecule has 6 rings (SSSR count). The predicted molar refractivity (Wildman–Crippen MR) is 129 cm³/mol. The van der Waals surface area contributed by atoms with Gasteiger partial charge in [0.1, 0.15) is 0 Å². The zero-order valence-corrected chi connectivity index (χ0v) is 21.7. The summed E-state index contributed by atoms with van der Waals surface area (Å²) < 4.78 is 2.46. The summed E-state index contributed by atoms with van der Waals surface area (Å²) in [5.74, 6) is 1.03. The fourth-order valence-corrected chi connectivity index (χ4v) is 6.76. The van der Waals surface area contributed by atoms with Crippen LogP contribution < -0.4 is 0 Å². The number of aromatic nitrogens is 1. The zero-order chi connectivity index (χ0) is 19.6. The first kappa shape index (κ1) is 22.8. The molecule has 1 heterocycles. The van der Waals surface area contributed by atoms with Gasteiger partial charge >= 0.3 is 0 Å². The van der Waals surface area contributed by atoms with Gasteiger partial charge in [-0.2, -0.15) is 0 Å². The van der Waals surface area contributed by atoms with Crippen LogP contribution in [0, 0.1) is 18.3 Å². The van der Waals surface area contributed by atoms with Gasteiger partial charge in [-0.25, -0.2) is 0 Å². The Balaban J connectivity index is 0.00000116. The summed E-state index contributed by atoms with van der Waals surface area (Å²) in [5.41, 5.74) is 9.11. The van der Waals surface area contributed by atoms with E-state index in [4.69, 9.17) is 0 Å². The average Bonchev–Trinajstić information content (AvgIpc) is 3.45. The number of fused-ring (bicyclic) bond motifs is 5. The number of hydrogen-bond acceptors (Lipinski definition) is 0. The molecule has 1 aromatic heterocycles. The van der Waals surface area contributed by atoms with Gasteiger partial charge in [0.25, 0.3) is 0 Å². The maximum atomic E-state index is 2.47. The minimum atomic E-state index is 0. The van der Waals surface area contributed by atoms with Gasteiger partial charge in [0.05, 0.1) is 5.69 Å². The monoisotopic (exact) mass is 505 g/mol. The molecule has 0 bridgehead atoms. The molecule has 0 spiro atoms. The first-order valence-corrected chi connectivity index (χ1v) is 11.2. The van der Waals surface area contributed by atoms with Crippen LogP contribution in [0.5, 0.6) is 0 Å². The molecule has 3 aliphatic carbocycles. The van der Waals surface area contributed by atoms with E-state index in [1.165, 1.54) is 59.8 Å². The first-order valence-electron chi connectivity index (χ1n) is 11.2. The predicted octanol–water partition coefficient (Wildman–Crippen LogP) is 7.71. The van der Waals surface area contributed by atoms with Crippen LogP contribution in [0.15, 0.2) is 66.8 Å². The molecule has 3 heteroatoms. The van der Waals surface area contributed by atoms with Crippen molar-refractivity contribution in [3.8, 4) is 11.3 Å². The summed E-state index contributed by atoms with van der Waals surface area (Å²) in [5, 5.41) is 1.47. The van der Waals surface area contributed by atoms with E-state index in [2.05, 4.69) is 85.3 Å². The Kier molecular flexibility index (Phi) is 6.28. The van der Waals surface area contributed by atoms with Crippen molar-refractivity contribution in [3.05, 3.63) is 83.5 Å². The fraction of sp³-hybridized carbons (Fsp3) is 0.357. The number of halogens is 1. The smallest absolute Gasteiger partial charge is 0.0530 e. The van der Waals surface area contributed by atoms with Crippen molar-refractivity contribution in [1.82, 2.24) is 4.57 Å². The largest absolute Gasteiger partial charge is 0.343 e. The molecule has 0 N–H and O–H groups in total. The Morgan fingerprint density at radius 3 is 2.39 bits per heavy atom. The molecule has 1 unspecified atom stereocenters. The molecule has 1 saturated carbocycles. The first-order chi connectivity index (χ1) is 14.2. The van der Waals surface area contributed by atoms with Gasteiger partial charge in [0.15, 0.2) is 0 Å². The summed E-state index contributed by atoms with van der Waals surface area (Å²) in [7, 11) is 2.26. The van der Waals surface area contributed by atoms with Gasteiger partial charge in [0.2, 0.25) is 0 Å². The summed E-state index contributed by atoms with van der Waals surface area (Å²) >= 11 is 0. The number of rotatable bonds is 2. The molecule has 3 aliphatic rings. The second kappa shape index (κ2) is 8.53. The van der Waals surface area contributed by atoms with Gasteiger partial charge in [-0.05, 0) is 48.4 Å². The molecule has 3 aromatic rings. The number of nitrogens with zero attached hydrogens (tertiary/aromatic N) is 1. The zero-order valence-electron chi connectivity index (χ0n) is 18.4. The summed E-state index contributed by atoms with van der Waals surface area (Å²) in [4.78, 5) is 0. The van der Waals surface area contributed by atoms with Gasteiger partial charge in [0, 0.05) is 61.6 Å². The quantitative estimate of drug-likeness (QED) is 0.335. The van der Waals surface area contributed by atoms with Crippen molar-refractivity contribution in [2.75, 3.05) is 0 Å². The molecule has 2 aromatic carbocycles. The van der Waals surface area contributed by atoms with Gasteiger partial charge < -0.3 is 4.57 Å². The Hall–Kier alpha value is -1.37. The van der Waals surface area contributed by atoms with Crippen molar-refractivity contribution in [2.45, 2.75) is 44.9 Å². The van der Waals surface area contributed by atoms with Gasteiger partial charge in [-0.15, -0.1) is 12.4 Å². The SMILES string of the molecule is Cc1ccc2c(c1)c1c(n2C)-c2ccccc2C1C1(C2C=CC=C2)CCCCC1.Cl.[Zr]. The van der Waals surface area contributed by atoms with Crippen molar-refractivity contribution >= 4 is 23.3 Å². The third kappa shape index (κ3) is 3.20. The van der Waals surface area contributed by atoms with Crippen molar-refractivity contribution < 1.29 is 26.2 Å². The second-order valence-electron chi connectivity index (χ2n) is 9.45. The van der Waals surface area contributed by atoms with Crippen LogP contribution in [0.25, 0.3) is 22.2 Å². The molecule has 0 amide bonds. The van der Waals surface area contributed by atoms with Crippen molar-refractivity contribution in [2.24, 2.45) is 18.4 Å². The molecule has 31 heavy (non-hydrogen) atoms. The van der Waals surface area contributed by atoms with Gasteiger partial charge in [-0.1, -0.05) is 79.5 Å². The molecular formula is C28H30ClNZr. The van der Waals surface area contributed by atoms with Crippen LogP contribution in [-0.4, -0.2) is 4.57 Å². The minimum Gasteiger partial charge on any atom is -0.343 e. The second-order valence-corrected chi connectivity index (χ2v) is 9.45. The van der Waals surface area contributed by atoms with Crippen LogP contribution in [-0.2, 0) is 33.3 Å². The van der Waals surface area contributed by atoms with Crippen molar-refractivity contribution in [3.63, 3.8) is 0 Å². The number of allylic oxidation sites excluding steroid dienone is 4. The van der Waals surface area contributed by atoms with Crippen LogP contribution in [0.3, 0.4) is 0 Å². The summed E-state index contributed by atoms with van der Waals surface area (Å²) in [6, 6.07) is 16.3. The van der Waals surface area contributed by atoms with Crippen LogP contribution >= 0.6 is 12.4 Å². The third-order valence-corrected chi connectivity index (χ3v) is 7.98. The molecule has 1 fully saturated rings. The Morgan fingerprint density at radius 2 is 1.65 bits per heavy atom. The molecule has 1 nitrogen and oxygen atoms in total.